The van der Waals surface area contributed by atoms with Gasteiger partial charge in [-0.15, -0.1) is 10.2 Å². The molecule has 4 saturated carbocycles. The summed E-state index contributed by atoms with van der Waals surface area (Å²) in [5.41, 5.74) is 0.575. The maximum atomic E-state index is 13.1. The minimum atomic E-state index is -0.299. The van der Waals surface area contributed by atoms with Gasteiger partial charge in [0.05, 0.1) is 5.54 Å². The van der Waals surface area contributed by atoms with Gasteiger partial charge in [0.25, 0.3) is 0 Å². The predicted octanol–water partition coefficient (Wildman–Crippen LogP) is 3.44. The molecule has 2 atom stereocenters. The molecule has 4 aliphatic carbocycles. The van der Waals surface area contributed by atoms with Crippen LogP contribution in [0.15, 0.2) is 24.3 Å². The van der Waals surface area contributed by atoms with E-state index < -0.39 is 0 Å². The van der Waals surface area contributed by atoms with Crippen molar-refractivity contribution in [2.75, 3.05) is 5.32 Å². The number of hydrogen-bond acceptors (Lipinski definition) is 4. The van der Waals surface area contributed by atoms with Crippen LogP contribution < -0.4 is 5.32 Å². The van der Waals surface area contributed by atoms with Crippen LogP contribution >= 0.6 is 0 Å². The van der Waals surface area contributed by atoms with E-state index in [9.17, 15) is 9.18 Å². The molecule has 0 radical (unpaired) electrons. The second-order valence-electron chi connectivity index (χ2n) is 9.04. The Hall–Kier alpha value is -2.31. The summed E-state index contributed by atoms with van der Waals surface area (Å²) >= 11 is 0. The van der Waals surface area contributed by atoms with Gasteiger partial charge in [0.15, 0.2) is 5.82 Å². The largest absolute Gasteiger partial charge is 0.326 e. The molecule has 7 heteroatoms. The van der Waals surface area contributed by atoms with Crippen LogP contribution in [0.4, 0.5) is 10.1 Å². The van der Waals surface area contributed by atoms with E-state index in [-0.39, 0.29) is 22.7 Å². The number of nitrogens with one attached hydrogen (secondary N) is 1. The summed E-state index contributed by atoms with van der Waals surface area (Å²) < 4.78 is 13.1. The smallest absolute Gasteiger partial charge is 0.224 e. The number of carbonyl (C=O) groups is 1. The van der Waals surface area contributed by atoms with Crippen LogP contribution in [0.3, 0.4) is 0 Å². The third kappa shape index (κ3) is 2.93. The van der Waals surface area contributed by atoms with Gasteiger partial charge in [-0.05, 0) is 92.2 Å². The quantitative estimate of drug-likeness (QED) is 0.896. The number of aryl methyl sites for hydroxylation is 1. The van der Waals surface area contributed by atoms with Gasteiger partial charge in [-0.3, -0.25) is 4.79 Å². The lowest BCUT2D eigenvalue weighted by Gasteiger charge is -2.61. The number of hydrogen-bond donors (Lipinski definition) is 1. The highest BCUT2D eigenvalue weighted by Gasteiger charge is 2.59. The number of tetrazole rings is 1. The molecule has 6 rings (SSSR count). The Bertz CT molecular complexity index is 863. The molecular formula is C20H24FN5O. The molecule has 4 aliphatic rings. The number of benzene rings is 1. The minimum absolute atomic E-state index is 0.00965. The summed E-state index contributed by atoms with van der Waals surface area (Å²) in [7, 11) is 0. The van der Waals surface area contributed by atoms with Crippen molar-refractivity contribution in [3.63, 3.8) is 0 Å². The second-order valence-corrected chi connectivity index (χ2v) is 9.04. The molecular weight excluding hydrogens is 345 g/mol. The van der Waals surface area contributed by atoms with E-state index in [0.717, 1.165) is 32.1 Å². The highest BCUT2D eigenvalue weighted by atomic mass is 19.1. The standard InChI is InChI=1S/C20H24FN5O/c1-13-23-25-26(24-13)20-9-14-6-15(10-20)8-19(7-14,12-20)11-18(27)22-17-4-2-16(21)3-5-17/h2-5,14-15H,6-12H2,1H3,(H,22,27). The normalized spacial score (nSPS) is 34.0. The first-order valence-corrected chi connectivity index (χ1v) is 9.76. The third-order valence-electron chi connectivity index (χ3n) is 6.75. The Labute approximate surface area is 157 Å². The molecule has 4 bridgehead atoms. The van der Waals surface area contributed by atoms with Gasteiger partial charge in [0.1, 0.15) is 5.82 Å². The fourth-order valence-corrected chi connectivity index (χ4v) is 6.41. The van der Waals surface area contributed by atoms with Crippen molar-refractivity contribution in [1.29, 1.82) is 0 Å². The van der Waals surface area contributed by atoms with Gasteiger partial charge in [0.2, 0.25) is 5.91 Å². The van der Waals surface area contributed by atoms with E-state index in [1.807, 2.05) is 11.7 Å². The van der Waals surface area contributed by atoms with Crippen LogP contribution in [0.1, 0.15) is 50.8 Å². The zero-order valence-corrected chi connectivity index (χ0v) is 15.5. The summed E-state index contributed by atoms with van der Waals surface area (Å²) in [5.74, 6) is 1.69. The molecule has 1 aromatic heterocycles. The first kappa shape index (κ1) is 16.8. The van der Waals surface area contributed by atoms with Crippen molar-refractivity contribution < 1.29 is 9.18 Å². The summed E-state index contributed by atoms with van der Waals surface area (Å²) in [6.07, 6.45) is 7.12. The lowest BCUT2D eigenvalue weighted by Crippen LogP contribution is -2.57. The van der Waals surface area contributed by atoms with Gasteiger partial charge >= 0.3 is 0 Å². The molecule has 1 amide bonds. The average molecular weight is 369 g/mol. The monoisotopic (exact) mass is 369 g/mol. The molecule has 0 saturated heterocycles. The maximum Gasteiger partial charge on any atom is 0.224 e. The minimum Gasteiger partial charge on any atom is -0.326 e. The van der Waals surface area contributed by atoms with Gasteiger partial charge < -0.3 is 5.32 Å². The van der Waals surface area contributed by atoms with E-state index in [2.05, 4.69) is 20.7 Å². The number of anilines is 1. The zero-order chi connectivity index (χ0) is 18.6. The molecule has 1 heterocycles. The van der Waals surface area contributed by atoms with E-state index in [4.69, 9.17) is 0 Å². The number of amides is 1. The molecule has 142 valence electrons. The summed E-state index contributed by atoms with van der Waals surface area (Å²) in [4.78, 5) is 14.6. The lowest BCUT2D eigenvalue weighted by molar-refractivity contribution is -0.135. The van der Waals surface area contributed by atoms with Crippen LogP contribution in [-0.2, 0) is 10.3 Å². The van der Waals surface area contributed by atoms with Crippen LogP contribution in [0, 0.1) is 30.0 Å². The number of aromatic nitrogens is 4. The number of halogens is 1. The Morgan fingerprint density at radius 3 is 2.56 bits per heavy atom. The van der Waals surface area contributed by atoms with Crippen molar-refractivity contribution in [2.24, 2.45) is 17.3 Å². The van der Waals surface area contributed by atoms with Gasteiger partial charge in [-0.25, -0.2) is 4.39 Å². The Morgan fingerprint density at radius 2 is 1.93 bits per heavy atom. The fourth-order valence-electron chi connectivity index (χ4n) is 6.41. The number of rotatable bonds is 4. The number of carbonyl (C=O) groups excluding carboxylic acids is 1. The van der Waals surface area contributed by atoms with Crippen molar-refractivity contribution in [2.45, 2.75) is 57.4 Å². The Balaban J connectivity index is 1.37. The van der Waals surface area contributed by atoms with Crippen LogP contribution in [-0.4, -0.2) is 26.1 Å². The molecule has 2 unspecified atom stereocenters. The summed E-state index contributed by atoms with van der Waals surface area (Å²) in [6.45, 7) is 1.87. The van der Waals surface area contributed by atoms with Crippen LogP contribution in [0.25, 0.3) is 0 Å². The molecule has 1 aromatic carbocycles. The molecule has 1 N–H and O–H groups in total. The van der Waals surface area contributed by atoms with E-state index >= 15 is 0 Å². The number of nitrogens with zero attached hydrogens (tertiary/aromatic N) is 4. The van der Waals surface area contributed by atoms with Crippen molar-refractivity contribution >= 4 is 11.6 Å². The maximum absolute atomic E-state index is 13.1. The Morgan fingerprint density at radius 1 is 1.22 bits per heavy atom. The first-order chi connectivity index (χ1) is 12.9. The van der Waals surface area contributed by atoms with E-state index in [1.54, 1.807) is 12.1 Å². The average Bonchev–Trinajstić information content (AvgIpc) is 3.02. The summed E-state index contributed by atoms with van der Waals surface area (Å²) in [6, 6.07) is 5.95. The predicted molar refractivity (Wildman–Crippen MR) is 97.3 cm³/mol. The molecule has 4 fully saturated rings. The molecule has 6 nitrogen and oxygen atoms in total. The fraction of sp³-hybridized carbons (Fsp3) is 0.600. The van der Waals surface area contributed by atoms with Crippen LogP contribution in [0.5, 0.6) is 0 Å². The molecule has 27 heavy (non-hydrogen) atoms. The molecule has 0 spiro atoms. The van der Waals surface area contributed by atoms with E-state index in [0.29, 0.717) is 29.8 Å². The molecule has 0 aliphatic heterocycles. The van der Waals surface area contributed by atoms with Gasteiger partial charge in [-0.2, -0.15) is 4.80 Å². The Kier molecular flexibility index (Phi) is 3.64. The summed E-state index contributed by atoms with van der Waals surface area (Å²) in [5, 5.41) is 15.9. The van der Waals surface area contributed by atoms with Crippen molar-refractivity contribution in [1.82, 2.24) is 20.2 Å². The topological polar surface area (TPSA) is 72.7 Å². The highest BCUT2D eigenvalue weighted by Crippen LogP contribution is 2.65. The molecule has 2 aromatic rings. The highest BCUT2D eigenvalue weighted by molar-refractivity contribution is 5.91. The van der Waals surface area contributed by atoms with Gasteiger partial charge in [-0.1, -0.05) is 0 Å². The van der Waals surface area contributed by atoms with Gasteiger partial charge in [0, 0.05) is 12.1 Å². The van der Waals surface area contributed by atoms with Crippen molar-refractivity contribution in [3.05, 3.63) is 35.9 Å². The SMILES string of the molecule is Cc1nnn(C23CC4CC(CC(CC(=O)Nc5ccc(F)cc5)(C4)C2)C3)n1. The van der Waals surface area contributed by atoms with E-state index in [1.165, 1.54) is 18.6 Å². The third-order valence-corrected chi connectivity index (χ3v) is 6.75. The lowest BCUT2D eigenvalue weighted by atomic mass is 9.46. The zero-order valence-electron chi connectivity index (χ0n) is 15.5. The first-order valence-electron chi connectivity index (χ1n) is 9.76. The van der Waals surface area contributed by atoms with Crippen molar-refractivity contribution in [3.8, 4) is 0 Å². The second kappa shape index (κ2) is 5.84. The van der Waals surface area contributed by atoms with Crippen LogP contribution in [0.2, 0.25) is 0 Å².